The Morgan fingerprint density at radius 1 is 1.00 bits per heavy atom. The van der Waals surface area contributed by atoms with E-state index in [1.807, 2.05) is 0 Å². The number of carbonyl (C=O) groups is 1. The van der Waals surface area contributed by atoms with E-state index in [9.17, 15) is 18.0 Å². The molecule has 0 unspecified atom stereocenters. The van der Waals surface area contributed by atoms with Crippen LogP contribution in [0.25, 0.3) is 11.3 Å². The molecule has 0 aliphatic carbocycles. The molecule has 0 aliphatic heterocycles. The van der Waals surface area contributed by atoms with Crippen LogP contribution in [0.2, 0.25) is 0 Å². The number of rotatable bonds is 2. The fourth-order valence-electron chi connectivity index (χ4n) is 1.39. The number of carbonyl (C=O) groups excluding carboxylic acids is 1. The summed E-state index contributed by atoms with van der Waals surface area (Å²) >= 11 is 0. The van der Waals surface area contributed by atoms with Crippen LogP contribution in [0, 0.1) is 17.5 Å². The van der Waals surface area contributed by atoms with Gasteiger partial charge in [0.15, 0.2) is 23.7 Å². The summed E-state index contributed by atoms with van der Waals surface area (Å²) in [4.78, 5) is 14.1. The number of benzene rings is 1. The molecule has 2 aromatic rings. The molecule has 0 N–H and O–H groups in total. The largest absolute Gasteiger partial charge is 0.296 e. The Labute approximate surface area is 94.7 Å². The van der Waals surface area contributed by atoms with Crippen molar-refractivity contribution in [1.29, 1.82) is 0 Å². The standard InChI is InChI=1S/C12H6F3NO/c13-8-4-5-10(16-11(8)6-17)7-2-1-3-9(14)12(7)15/h1-6H. The monoisotopic (exact) mass is 237 g/mol. The van der Waals surface area contributed by atoms with Crippen molar-refractivity contribution in [2.24, 2.45) is 0 Å². The molecule has 0 atom stereocenters. The van der Waals surface area contributed by atoms with Gasteiger partial charge in [-0.1, -0.05) is 6.07 Å². The van der Waals surface area contributed by atoms with Gasteiger partial charge >= 0.3 is 0 Å². The minimum Gasteiger partial charge on any atom is -0.296 e. The lowest BCUT2D eigenvalue weighted by Gasteiger charge is -2.04. The molecule has 5 heteroatoms. The summed E-state index contributed by atoms with van der Waals surface area (Å²) in [5.41, 5.74) is -0.551. The lowest BCUT2D eigenvalue weighted by atomic mass is 10.1. The van der Waals surface area contributed by atoms with Gasteiger partial charge < -0.3 is 0 Å². The first-order chi connectivity index (χ1) is 8.13. The Hall–Kier alpha value is -2.17. The molecule has 0 saturated carbocycles. The second-order valence-corrected chi connectivity index (χ2v) is 3.28. The molecule has 2 nitrogen and oxygen atoms in total. The fourth-order valence-corrected chi connectivity index (χ4v) is 1.39. The van der Waals surface area contributed by atoms with E-state index in [4.69, 9.17) is 0 Å². The molecular formula is C12H6F3NO. The SMILES string of the molecule is O=Cc1nc(-c2cccc(F)c2F)ccc1F. The van der Waals surface area contributed by atoms with E-state index in [2.05, 4.69) is 4.98 Å². The summed E-state index contributed by atoms with van der Waals surface area (Å²) in [5.74, 6) is -2.91. The Morgan fingerprint density at radius 2 is 1.76 bits per heavy atom. The second-order valence-electron chi connectivity index (χ2n) is 3.28. The summed E-state index contributed by atoms with van der Waals surface area (Å²) in [6, 6.07) is 5.73. The average molecular weight is 237 g/mol. The summed E-state index contributed by atoms with van der Waals surface area (Å²) < 4.78 is 39.4. The van der Waals surface area contributed by atoms with E-state index in [-0.39, 0.29) is 17.5 Å². The van der Waals surface area contributed by atoms with E-state index in [0.717, 1.165) is 12.1 Å². The van der Waals surface area contributed by atoms with Crippen molar-refractivity contribution in [1.82, 2.24) is 4.98 Å². The number of aldehydes is 1. The molecule has 2 rings (SSSR count). The molecule has 0 aliphatic rings. The van der Waals surface area contributed by atoms with Gasteiger partial charge in [-0.05, 0) is 24.3 Å². The lowest BCUT2D eigenvalue weighted by Crippen LogP contribution is -1.97. The highest BCUT2D eigenvalue weighted by molar-refractivity contribution is 5.74. The molecule has 0 fully saturated rings. The molecular weight excluding hydrogens is 231 g/mol. The molecule has 0 amide bonds. The highest BCUT2D eigenvalue weighted by Crippen LogP contribution is 2.23. The van der Waals surface area contributed by atoms with Gasteiger partial charge in [-0.2, -0.15) is 0 Å². The molecule has 17 heavy (non-hydrogen) atoms. The zero-order chi connectivity index (χ0) is 12.4. The van der Waals surface area contributed by atoms with Crippen LogP contribution in [0.4, 0.5) is 13.2 Å². The molecule has 0 spiro atoms. The van der Waals surface area contributed by atoms with Gasteiger partial charge in [0.2, 0.25) is 0 Å². The second kappa shape index (κ2) is 4.37. The van der Waals surface area contributed by atoms with Crippen LogP contribution < -0.4 is 0 Å². The minimum atomic E-state index is -1.08. The lowest BCUT2D eigenvalue weighted by molar-refractivity contribution is 0.111. The maximum Gasteiger partial charge on any atom is 0.171 e. The maximum atomic E-state index is 13.4. The summed E-state index contributed by atoms with van der Waals surface area (Å²) in [7, 11) is 0. The number of aromatic nitrogens is 1. The van der Waals surface area contributed by atoms with Crippen LogP contribution in [0.1, 0.15) is 10.5 Å². The summed E-state index contributed by atoms with van der Waals surface area (Å²) in [5, 5.41) is 0. The number of pyridine rings is 1. The topological polar surface area (TPSA) is 30.0 Å². The Balaban J connectivity index is 2.61. The predicted molar refractivity (Wildman–Crippen MR) is 54.9 cm³/mol. The Kier molecular flexibility index (Phi) is 2.91. The third kappa shape index (κ3) is 2.04. The van der Waals surface area contributed by atoms with Crippen LogP contribution in [0.3, 0.4) is 0 Å². The van der Waals surface area contributed by atoms with Gasteiger partial charge in [-0.3, -0.25) is 4.79 Å². The molecule has 0 bridgehead atoms. The van der Waals surface area contributed by atoms with Crippen LogP contribution in [0.5, 0.6) is 0 Å². The van der Waals surface area contributed by atoms with Crippen molar-refractivity contribution in [3.8, 4) is 11.3 Å². The quantitative estimate of drug-likeness (QED) is 0.751. The van der Waals surface area contributed by atoms with Gasteiger partial charge in [0.05, 0.1) is 5.69 Å². The number of halogens is 3. The maximum absolute atomic E-state index is 13.4. The molecule has 1 heterocycles. The van der Waals surface area contributed by atoms with Crippen molar-refractivity contribution >= 4 is 6.29 Å². The number of hydrogen-bond acceptors (Lipinski definition) is 2. The van der Waals surface area contributed by atoms with E-state index in [1.165, 1.54) is 18.2 Å². The highest BCUT2D eigenvalue weighted by atomic mass is 19.2. The third-order valence-electron chi connectivity index (χ3n) is 2.21. The fraction of sp³-hybridized carbons (Fsp3) is 0. The molecule has 0 radical (unpaired) electrons. The van der Waals surface area contributed by atoms with E-state index in [0.29, 0.717) is 0 Å². The number of hydrogen-bond donors (Lipinski definition) is 0. The van der Waals surface area contributed by atoms with Crippen molar-refractivity contribution in [2.45, 2.75) is 0 Å². The van der Waals surface area contributed by atoms with Crippen molar-refractivity contribution < 1.29 is 18.0 Å². The zero-order valence-corrected chi connectivity index (χ0v) is 8.45. The Bertz CT molecular complexity index is 584. The number of nitrogens with zero attached hydrogens (tertiary/aromatic N) is 1. The van der Waals surface area contributed by atoms with E-state index >= 15 is 0 Å². The van der Waals surface area contributed by atoms with Crippen molar-refractivity contribution in [3.05, 3.63) is 53.5 Å². The molecule has 1 aromatic heterocycles. The van der Waals surface area contributed by atoms with Crippen LogP contribution >= 0.6 is 0 Å². The van der Waals surface area contributed by atoms with Crippen LogP contribution in [-0.2, 0) is 0 Å². The van der Waals surface area contributed by atoms with Gasteiger partial charge in [-0.15, -0.1) is 0 Å². The van der Waals surface area contributed by atoms with E-state index in [1.54, 1.807) is 0 Å². The molecule has 0 saturated heterocycles. The average Bonchev–Trinajstić information content (AvgIpc) is 2.34. The van der Waals surface area contributed by atoms with Crippen molar-refractivity contribution in [2.75, 3.05) is 0 Å². The van der Waals surface area contributed by atoms with Gasteiger partial charge in [0.1, 0.15) is 5.69 Å². The first-order valence-electron chi connectivity index (χ1n) is 4.69. The third-order valence-corrected chi connectivity index (χ3v) is 2.21. The first-order valence-corrected chi connectivity index (χ1v) is 4.69. The first kappa shape index (κ1) is 11.3. The van der Waals surface area contributed by atoms with Gasteiger partial charge in [-0.25, -0.2) is 18.2 Å². The minimum absolute atomic E-state index is 0.00509. The van der Waals surface area contributed by atoms with E-state index < -0.39 is 23.1 Å². The van der Waals surface area contributed by atoms with Crippen LogP contribution in [-0.4, -0.2) is 11.3 Å². The molecule has 86 valence electrons. The summed E-state index contributed by atoms with van der Waals surface area (Å²) in [6.45, 7) is 0. The zero-order valence-electron chi connectivity index (χ0n) is 8.45. The highest BCUT2D eigenvalue weighted by Gasteiger charge is 2.12. The predicted octanol–water partition coefficient (Wildman–Crippen LogP) is 2.98. The van der Waals surface area contributed by atoms with Crippen LogP contribution in [0.15, 0.2) is 30.3 Å². The Morgan fingerprint density at radius 3 is 2.47 bits per heavy atom. The smallest absolute Gasteiger partial charge is 0.171 e. The van der Waals surface area contributed by atoms with Gasteiger partial charge in [0.25, 0.3) is 0 Å². The van der Waals surface area contributed by atoms with Gasteiger partial charge in [0, 0.05) is 5.56 Å². The van der Waals surface area contributed by atoms with Crippen molar-refractivity contribution in [3.63, 3.8) is 0 Å². The molecule has 1 aromatic carbocycles. The normalized spacial score (nSPS) is 10.3. The summed E-state index contributed by atoms with van der Waals surface area (Å²) in [6.07, 6.45) is 0.218.